The molecule has 0 aliphatic rings. The normalized spacial score (nSPS) is 10.5. The molecule has 0 bridgehead atoms. The third-order valence-electron chi connectivity index (χ3n) is 4.31. The van der Waals surface area contributed by atoms with Gasteiger partial charge in [-0.1, -0.05) is 53.7 Å². The molecule has 0 atom stereocenters. The summed E-state index contributed by atoms with van der Waals surface area (Å²) in [6, 6.07) is 16.7. The Morgan fingerprint density at radius 2 is 1.97 bits per heavy atom. The highest BCUT2D eigenvalue weighted by Gasteiger charge is 2.18. The van der Waals surface area contributed by atoms with Gasteiger partial charge in [-0.25, -0.2) is 4.98 Å². The van der Waals surface area contributed by atoms with Gasteiger partial charge < -0.3 is 4.90 Å². The molecule has 8 heteroatoms. The van der Waals surface area contributed by atoms with Gasteiger partial charge >= 0.3 is 0 Å². The van der Waals surface area contributed by atoms with Crippen LogP contribution in [0.15, 0.2) is 53.6 Å². The van der Waals surface area contributed by atoms with Crippen molar-refractivity contribution in [1.29, 1.82) is 5.26 Å². The average Bonchev–Trinajstić information content (AvgIpc) is 3.16. The topological polar surface area (TPSA) is 74.1 Å². The average molecular weight is 456 g/mol. The zero-order valence-corrected chi connectivity index (χ0v) is 18.8. The number of thioether (sulfide) groups is 1. The van der Waals surface area contributed by atoms with Gasteiger partial charge in [0.1, 0.15) is 11.1 Å². The zero-order chi connectivity index (χ0) is 21.7. The third-order valence-corrected chi connectivity index (χ3v) is 6.51. The van der Waals surface area contributed by atoms with Gasteiger partial charge in [-0.05, 0) is 25.1 Å². The first-order valence-electron chi connectivity index (χ1n) is 9.01. The van der Waals surface area contributed by atoms with Gasteiger partial charge in [-0.15, -0.1) is 11.3 Å². The number of ketones is 1. The lowest BCUT2D eigenvalue weighted by molar-refractivity contribution is -0.127. The van der Waals surface area contributed by atoms with Crippen LogP contribution in [0, 0.1) is 11.3 Å². The fourth-order valence-electron chi connectivity index (χ4n) is 2.77. The monoisotopic (exact) mass is 455 g/mol. The standard InChI is InChI=1S/C22H18ClN3O2S2/c1-14(27)18-10-16(11-24)22(25-21(18)15-6-4-3-5-7-15)29-13-20(28)26(2)12-17-8-9-19(23)30-17/h3-10H,12-13H2,1-2H3. The van der Waals surface area contributed by atoms with E-state index in [0.717, 1.165) is 10.4 Å². The Morgan fingerprint density at radius 1 is 1.23 bits per heavy atom. The number of pyridine rings is 1. The molecule has 3 rings (SSSR count). The Bertz CT molecular complexity index is 1120. The van der Waals surface area contributed by atoms with Crippen molar-refractivity contribution in [3.05, 3.63) is 68.9 Å². The maximum atomic E-state index is 12.6. The predicted molar refractivity (Wildman–Crippen MR) is 121 cm³/mol. The van der Waals surface area contributed by atoms with Crippen molar-refractivity contribution in [3.63, 3.8) is 0 Å². The van der Waals surface area contributed by atoms with Crippen molar-refractivity contribution in [2.75, 3.05) is 12.8 Å². The van der Waals surface area contributed by atoms with E-state index in [1.807, 2.05) is 36.4 Å². The Kier molecular flexibility index (Phi) is 7.27. The van der Waals surface area contributed by atoms with Gasteiger partial charge in [0.05, 0.1) is 27.9 Å². The number of amides is 1. The molecule has 0 radical (unpaired) electrons. The third kappa shape index (κ3) is 5.28. The molecule has 0 saturated heterocycles. The lowest BCUT2D eigenvalue weighted by atomic mass is 10.0. The number of nitrogens with zero attached hydrogens (tertiary/aromatic N) is 3. The number of Topliss-reactive ketones (excluding diaryl/α,β-unsaturated/α-hetero) is 1. The van der Waals surface area contributed by atoms with Gasteiger partial charge in [0, 0.05) is 23.1 Å². The quantitative estimate of drug-likeness (QED) is 0.357. The van der Waals surface area contributed by atoms with E-state index in [2.05, 4.69) is 11.1 Å². The van der Waals surface area contributed by atoms with Gasteiger partial charge in [-0.3, -0.25) is 9.59 Å². The van der Waals surface area contributed by atoms with Crippen molar-refractivity contribution < 1.29 is 9.59 Å². The van der Waals surface area contributed by atoms with Crippen LogP contribution in [0.25, 0.3) is 11.3 Å². The van der Waals surface area contributed by atoms with Crippen molar-refractivity contribution >= 4 is 46.4 Å². The summed E-state index contributed by atoms with van der Waals surface area (Å²) in [4.78, 5) is 31.9. The Balaban J connectivity index is 1.82. The summed E-state index contributed by atoms with van der Waals surface area (Å²) in [6.45, 7) is 1.92. The summed E-state index contributed by atoms with van der Waals surface area (Å²) >= 11 is 8.58. The van der Waals surface area contributed by atoms with Crippen LogP contribution in [0.3, 0.4) is 0 Å². The second-order valence-corrected chi connectivity index (χ2v) is 9.28. The van der Waals surface area contributed by atoms with E-state index in [9.17, 15) is 14.9 Å². The van der Waals surface area contributed by atoms with E-state index >= 15 is 0 Å². The molecule has 3 aromatic rings. The van der Waals surface area contributed by atoms with Crippen LogP contribution in [0.4, 0.5) is 0 Å². The van der Waals surface area contributed by atoms with Crippen molar-refractivity contribution in [2.45, 2.75) is 18.5 Å². The maximum absolute atomic E-state index is 12.6. The maximum Gasteiger partial charge on any atom is 0.233 e. The number of benzene rings is 1. The Morgan fingerprint density at radius 3 is 2.57 bits per heavy atom. The molecule has 1 amide bonds. The molecule has 2 heterocycles. The number of aromatic nitrogens is 1. The van der Waals surface area contributed by atoms with Crippen LogP contribution in [0.5, 0.6) is 0 Å². The zero-order valence-electron chi connectivity index (χ0n) is 16.4. The number of rotatable bonds is 7. The first-order chi connectivity index (χ1) is 14.4. The van der Waals surface area contributed by atoms with Crippen LogP contribution in [0.2, 0.25) is 4.34 Å². The molecule has 1 aromatic carbocycles. The molecule has 0 aliphatic carbocycles. The molecule has 152 valence electrons. The number of nitriles is 1. The number of thiophene rings is 1. The van der Waals surface area contributed by atoms with E-state index in [4.69, 9.17) is 11.6 Å². The lowest BCUT2D eigenvalue weighted by Crippen LogP contribution is -2.27. The van der Waals surface area contributed by atoms with Crippen molar-refractivity contribution in [1.82, 2.24) is 9.88 Å². The summed E-state index contributed by atoms with van der Waals surface area (Å²) in [5, 5.41) is 9.97. The second kappa shape index (κ2) is 9.90. The fraction of sp³-hybridized carbons (Fsp3) is 0.182. The molecule has 0 unspecified atom stereocenters. The van der Waals surface area contributed by atoms with E-state index in [-0.39, 0.29) is 23.0 Å². The number of hydrogen-bond donors (Lipinski definition) is 0. The summed E-state index contributed by atoms with van der Waals surface area (Å²) < 4.78 is 0.682. The van der Waals surface area contributed by atoms with Crippen LogP contribution >= 0.6 is 34.7 Å². The lowest BCUT2D eigenvalue weighted by Gasteiger charge is -2.16. The highest BCUT2D eigenvalue weighted by Crippen LogP contribution is 2.29. The molecule has 0 saturated carbocycles. The van der Waals surface area contributed by atoms with Crippen LogP contribution in [-0.2, 0) is 11.3 Å². The Hall–Kier alpha value is -2.66. The largest absolute Gasteiger partial charge is 0.340 e. The first-order valence-corrected chi connectivity index (χ1v) is 11.2. The van der Waals surface area contributed by atoms with E-state index < -0.39 is 0 Å². The van der Waals surface area contributed by atoms with E-state index in [1.54, 1.807) is 24.1 Å². The smallest absolute Gasteiger partial charge is 0.233 e. The highest BCUT2D eigenvalue weighted by atomic mass is 35.5. The van der Waals surface area contributed by atoms with Crippen LogP contribution in [-0.4, -0.2) is 34.4 Å². The second-order valence-electron chi connectivity index (χ2n) is 6.52. The number of hydrogen-bond acceptors (Lipinski definition) is 6. The van der Waals surface area contributed by atoms with Gasteiger partial charge in [0.15, 0.2) is 5.78 Å². The number of carbonyl (C=O) groups excluding carboxylic acids is 2. The minimum absolute atomic E-state index is 0.0906. The summed E-state index contributed by atoms with van der Waals surface area (Å²) in [5.41, 5.74) is 1.97. The van der Waals surface area contributed by atoms with Gasteiger partial charge in [0.25, 0.3) is 0 Å². The minimum Gasteiger partial charge on any atom is -0.340 e. The summed E-state index contributed by atoms with van der Waals surface area (Å²) in [7, 11) is 1.73. The first kappa shape index (κ1) is 22.0. The molecular weight excluding hydrogens is 438 g/mol. The molecule has 0 N–H and O–H groups in total. The molecule has 2 aromatic heterocycles. The molecule has 30 heavy (non-hydrogen) atoms. The molecular formula is C22H18ClN3O2S2. The molecule has 0 spiro atoms. The minimum atomic E-state index is -0.167. The Labute approximate surface area is 188 Å². The van der Waals surface area contributed by atoms with E-state index in [0.29, 0.717) is 27.2 Å². The van der Waals surface area contributed by atoms with Crippen molar-refractivity contribution in [2.24, 2.45) is 0 Å². The highest BCUT2D eigenvalue weighted by molar-refractivity contribution is 8.00. The SMILES string of the molecule is CC(=O)c1cc(C#N)c(SCC(=O)N(C)Cc2ccc(Cl)s2)nc1-c1ccccc1. The summed E-state index contributed by atoms with van der Waals surface area (Å²) in [6.07, 6.45) is 0. The fourth-order valence-corrected chi connectivity index (χ4v) is 4.81. The summed E-state index contributed by atoms with van der Waals surface area (Å²) in [5.74, 6) is -0.128. The molecule has 5 nitrogen and oxygen atoms in total. The van der Waals surface area contributed by atoms with Gasteiger partial charge in [-0.2, -0.15) is 5.26 Å². The van der Waals surface area contributed by atoms with Crippen LogP contribution < -0.4 is 0 Å². The number of carbonyl (C=O) groups is 2. The molecule has 0 fully saturated rings. The predicted octanol–water partition coefficient (Wildman–Crippen LogP) is 5.29. The van der Waals surface area contributed by atoms with Crippen LogP contribution in [0.1, 0.15) is 27.7 Å². The van der Waals surface area contributed by atoms with Gasteiger partial charge in [0.2, 0.25) is 5.91 Å². The number of halogens is 1. The molecule has 0 aliphatic heterocycles. The van der Waals surface area contributed by atoms with E-state index in [1.165, 1.54) is 30.0 Å². The van der Waals surface area contributed by atoms with Crippen molar-refractivity contribution in [3.8, 4) is 17.3 Å².